The van der Waals surface area contributed by atoms with Gasteiger partial charge < -0.3 is 19.0 Å². The summed E-state index contributed by atoms with van der Waals surface area (Å²) in [5, 5.41) is 9.64. The standard InChI is InChI=1S/C27H48O5Si/c1-11-30-25(29)27(7,8)24(32-33(9,10)26(4,5)6)21(3)23(20(2)17-18-28)31-19-22-15-13-12-14-16-22/h12-16,20-21,23-24,28H,11,17-19H2,1-10H3/t20-,21+,23-,24+/m0/s1. The molecule has 1 N–H and O–H groups in total. The van der Waals surface area contributed by atoms with E-state index in [0.29, 0.717) is 19.6 Å². The molecule has 1 aromatic carbocycles. The summed E-state index contributed by atoms with van der Waals surface area (Å²) >= 11 is 0. The van der Waals surface area contributed by atoms with Crippen molar-refractivity contribution >= 4 is 14.3 Å². The summed E-state index contributed by atoms with van der Waals surface area (Å²) in [4.78, 5) is 13.1. The van der Waals surface area contributed by atoms with E-state index < -0.39 is 13.7 Å². The topological polar surface area (TPSA) is 65.0 Å². The summed E-state index contributed by atoms with van der Waals surface area (Å²) in [6.07, 6.45) is 0.0383. The van der Waals surface area contributed by atoms with Crippen molar-refractivity contribution in [2.75, 3.05) is 13.2 Å². The van der Waals surface area contributed by atoms with Gasteiger partial charge in [0, 0.05) is 12.5 Å². The number of benzene rings is 1. The van der Waals surface area contributed by atoms with Crippen LogP contribution in [0.25, 0.3) is 0 Å². The average molecular weight is 481 g/mol. The van der Waals surface area contributed by atoms with Gasteiger partial charge in [-0.25, -0.2) is 0 Å². The molecule has 0 aliphatic heterocycles. The number of carbonyl (C=O) groups excluding carboxylic acids is 1. The first-order chi connectivity index (χ1) is 15.2. The lowest BCUT2D eigenvalue weighted by Gasteiger charge is -2.47. The van der Waals surface area contributed by atoms with E-state index in [4.69, 9.17) is 13.9 Å². The normalized spacial score (nSPS) is 16.7. The first kappa shape index (κ1) is 29.8. The molecule has 0 heterocycles. The van der Waals surface area contributed by atoms with Gasteiger partial charge in [0.15, 0.2) is 8.32 Å². The minimum Gasteiger partial charge on any atom is -0.466 e. The van der Waals surface area contributed by atoms with Gasteiger partial charge in [0.25, 0.3) is 0 Å². The van der Waals surface area contributed by atoms with Gasteiger partial charge in [0.05, 0.1) is 30.8 Å². The van der Waals surface area contributed by atoms with E-state index in [-0.39, 0.29) is 41.7 Å². The van der Waals surface area contributed by atoms with Gasteiger partial charge in [-0.15, -0.1) is 0 Å². The van der Waals surface area contributed by atoms with Crippen molar-refractivity contribution in [3.05, 3.63) is 35.9 Å². The molecule has 0 aromatic heterocycles. The Balaban J connectivity index is 3.36. The molecule has 1 aromatic rings. The molecular weight excluding hydrogens is 432 g/mol. The quantitative estimate of drug-likeness (QED) is 0.269. The Morgan fingerprint density at radius 3 is 2.12 bits per heavy atom. The Bertz CT molecular complexity index is 711. The van der Waals surface area contributed by atoms with E-state index >= 15 is 0 Å². The van der Waals surface area contributed by atoms with Crippen LogP contribution in [0.2, 0.25) is 18.1 Å². The second-order valence-corrected chi connectivity index (χ2v) is 16.1. The van der Waals surface area contributed by atoms with Gasteiger partial charge in [-0.05, 0) is 56.8 Å². The number of carbonyl (C=O) groups is 1. The smallest absolute Gasteiger partial charge is 0.314 e. The van der Waals surface area contributed by atoms with Gasteiger partial charge in [0.1, 0.15) is 0 Å². The third kappa shape index (κ3) is 8.20. The maximum Gasteiger partial charge on any atom is 0.314 e. The Labute approximate surface area is 203 Å². The SMILES string of the molecule is CCOC(=O)C(C)(C)[C@H](O[Si](C)(C)C(C)(C)C)[C@H](C)[C@@H](OCc1ccccc1)[C@@H](C)CCO. The van der Waals surface area contributed by atoms with Crippen molar-refractivity contribution in [2.24, 2.45) is 17.3 Å². The molecule has 0 unspecified atom stereocenters. The van der Waals surface area contributed by atoms with Crippen LogP contribution in [-0.2, 0) is 25.3 Å². The Morgan fingerprint density at radius 2 is 1.64 bits per heavy atom. The van der Waals surface area contributed by atoms with E-state index in [1.807, 2.05) is 51.1 Å². The zero-order valence-corrected chi connectivity index (χ0v) is 23.6. The molecule has 190 valence electrons. The summed E-state index contributed by atoms with van der Waals surface area (Å²) in [5.74, 6) is -0.252. The fourth-order valence-electron chi connectivity index (χ4n) is 3.98. The predicted octanol–water partition coefficient (Wildman–Crippen LogP) is 6.21. The van der Waals surface area contributed by atoms with Gasteiger partial charge in [-0.2, -0.15) is 0 Å². The second-order valence-electron chi connectivity index (χ2n) is 11.4. The van der Waals surface area contributed by atoms with Gasteiger partial charge in [0.2, 0.25) is 0 Å². The van der Waals surface area contributed by atoms with E-state index in [9.17, 15) is 9.90 Å². The molecule has 0 saturated carbocycles. The van der Waals surface area contributed by atoms with Crippen LogP contribution in [0.4, 0.5) is 0 Å². The molecule has 0 fully saturated rings. The molecule has 0 aliphatic carbocycles. The van der Waals surface area contributed by atoms with Crippen molar-refractivity contribution < 1.29 is 23.8 Å². The van der Waals surface area contributed by atoms with E-state index in [0.717, 1.165) is 5.56 Å². The van der Waals surface area contributed by atoms with E-state index in [1.54, 1.807) is 0 Å². The lowest BCUT2D eigenvalue weighted by Crippen LogP contribution is -2.55. The number of hydrogen-bond acceptors (Lipinski definition) is 5. The van der Waals surface area contributed by atoms with Crippen LogP contribution in [0, 0.1) is 17.3 Å². The van der Waals surface area contributed by atoms with Crippen LogP contribution in [-0.4, -0.2) is 44.8 Å². The van der Waals surface area contributed by atoms with Crippen molar-refractivity contribution in [3.8, 4) is 0 Å². The minimum atomic E-state index is -2.21. The van der Waals surface area contributed by atoms with Crippen LogP contribution < -0.4 is 0 Å². The van der Waals surface area contributed by atoms with E-state index in [2.05, 4.69) is 47.7 Å². The first-order valence-electron chi connectivity index (χ1n) is 12.3. The zero-order valence-electron chi connectivity index (χ0n) is 22.6. The number of rotatable bonds is 13. The molecule has 0 aliphatic rings. The van der Waals surface area contributed by atoms with E-state index in [1.165, 1.54) is 0 Å². The van der Waals surface area contributed by atoms with Crippen LogP contribution in [0.5, 0.6) is 0 Å². The lowest BCUT2D eigenvalue weighted by atomic mass is 9.75. The van der Waals surface area contributed by atoms with Crippen LogP contribution in [0.3, 0.4) is 0 Å². The monoisotopic (exact) mass is 480 g/mol. The van der Waals surface area contributed by atoms with Crippen LogP contribution in [0.15, 0.2) is 30.3 Å². The minimum absolute atomic E-state index is 0.00712. The summed E-state index contributed by atoms with van der Waals surface area (Å²) in [5.41, 5.74) is 0.246. The Kier molecular flexibility index (Phi) is 11.3. The van der Waals surface area contributed by atoms with Gasteiger partial charge >= 0.3 is 5.97 Å². The maximum atomic E-state index is 13.1. The highest BCUT2D eigenvalue weighted by Gasteiger charge is 2.50. The third-order valence-corrected chi connectivity index (χ3v) is 11.6. The molecule has 33 heavy (non-hydrogen) atoms. The van der Waals surface area contributed by atoms with Crippen molar-refractivity contribution in [1.29, 1.82) is 0 Å². The molecule has 0 radical (unpaired) electrons. The summed E-state index contributed by atoms with van der Waals surface area (Å²) in [6.45, 7) is 21.8. The Morgan fingerprint density at radius 1 is 1.06 bits per heavy atom. The highest BCUT2D eigenvalue weighted by molar-refractivity contribution is 6.74. The summed E-state index contributed by atoms with van der Waals surface area (Å²) < 4.78 is 18.9. The fourth-order valence-corrected chi connectivity index (χ4v) is 5.48. The van der Waals surface area contributed by atoms with Crippen molar-refractivity contribution in [1.82, 2.24) is 0 Å². The number of ether oxygens (including phenoxy) is 2. The van der Waals surface area contributed by atoms with Gasteiger partial charge in [-0.1, -0.05) is 65.0 Å². The molecule has 5 nitrogen and oxygen atoms in total. The molecule has 0 spiro atoms. The Hall–Kier alpha value is -1.21. The van der Waals surface area contributed by atoms with Crippen molar-refractivity contribution in [2.45, 2.75) is 98.8 Å². The summed E-state index contributed by atoms with van der Waals surface area (Å²) in [6, 6.07) is 10.1. The average Bonchev–Trinajstić information content (AvgIpc) is 2.72. The molecular formula is C27H48O5Si. The molecule has 0 bridgehead atoms. The molecule has 4 atom stereocenters. The highest BCUT2D eigenvalue weighted by atomic mass is 28.4. The first-order valence-corrected chi connectivity index (χ1v) is 15.2. The highest BCUT2D eigenvalue weighted by Crippen LogP contribution is 2.43. The molecule has 1 rings (SSSR count). The summed E-state index contributed by atoms with van der Waals surface area (Å²) in [7, 11) is -2.21. The zero-order chi connectivity index (χ0) is 25.4. The van der Waals surface area contributed by atoms with Gasteiger partial charge in [-0.3, -0.25) is 4.79 Å². The molecule has 0 amide bonds. The predicted molar refractivity (Wildman–Crippen MR) is 138 cm³/mol. The molecule has 6 heteroatoms. The van der Waals surface area contributed by atoms with Crippen LogP contribution in [0.1, 0.15) is 67.4 Å². The second kappa shape index (κ2) is 12.5. The maximum absolute atomic E-state index is 13.1. The number of aliphatic hydroxyl groups excluding tert-OH is 1. The fraction of sp³-hybridized carbons (Fsp3) is 0.741. The number of aliphatic hydroxyl groups is 1. The molecule has 0 saturated heterocycles. The third-order valence-electron chi connectivity index (χ3n) is 7.17. The lowest BCUT2D eigenvalue weighted by molar-refractivity contribution is -0.165. The largest absolute Gasteiger partial charge is 0.466 e. The van der Waals surface area contributed by atoms with Crippen molar-refractivity contribution in [3.63, 3.8) is 0 Å². The number of hydrogen-bond donors (Lipinski definition) is 1. The number of esters is 1. The van der Waals surface area contributed by atoms with Crippen LogP contribution >= 0.6 is 0 Å².